The highest BCUT2D eigenvalue weighted by atomic mass is 79.9. The molecular formula is C11H15BrN2O2. The summed E-state index contributed by atoms with van der Waals surface area (Å²) >= 11 is 3.26. The van der Waals surface area contributed by atoms with Crippen LogP contribution in [0, 0.1) is 6.92 Å². The molecule has 16 heavy (non-hydrogen) atoms. The van der Waals surface area contributed by atoms with Crippen LogP contribution in [0.15, 0.2) is 16.7 Å². The zero-order valence-corrected chi connectivity index (χ0v) is 11.4. The Labute approximate surface area is 104 Å². The first-order valence-corrected chi connectivity index (χ1v) is 5.70. The number of hydrogen-bond donors (Lipinski definition) is 1. The minimum Gasteiger partial charge on any atom is -0.444 e. The molecule has 0 spiro atoms. The van der Waals surface area contributed by atoms with Crippen molar-refractivity contribution < 1.29 is 9.53 Å². The SMILES string of the molecule is Cc1cc(NC(=O)OC(C)(C)C)cc(Br)n1. The summed E-state index contributed by atoms with van der Waals surface area (Å²) in [5.74, 6) is 0. The lowest BCUT2D eigenvalue weighted by molar-refractivity contribution is 0.0636. The summed E-state index contributed by atoms with van der Waals surface area (Å²) in [6, 6.07) is 3.49. The summed E-state index contributed by atoms with van der Waals surface area (Å²) in [5, 5.41) is 2.65. The van der Waals surface area contributed by atoms with Crippen LogP contribution in [-0.4, -0.2) is 16.7 Å². The van der Waals surface area contributed by atoms with Crippen molar-refractivity contribution >= 4 is 27.7 Å². The van der Waals surface area contributed by atoms with E-state index in [2.05, 4.69) is 26.2 Å². The Kier molecular flexibility index (Phi) is 3.91. The third-order valence-corrected chi connectivity index (χ3v) is 1.97. The van der Waals surface area contributed by atoms with E-state index in [1.54, 1.807) is 12.1 Å². The molecule has 0 fully saturated rings. The largest absolute Gasteiger partial charge is 0.444 e. The standard InChI is InChI=1S/C11H15BrN2O2/c1-7-5-8(6-9(12)13-7)14-10(15)16-11(2,3)4/h5-6H,1-4H3,(H,13,14,15). The number of nitrogens with one attached hydrogen (secondary N) is 1. The van der Waals surface area contributed by atoms with E-state index in [4.69, 9.17) is 4.74 Å². The van der Waals surface area contributed by atoms with Gasteiger partial charge in [0.25, 0.3) is 0 Å². The Morgan fingerprint density at radius 1 is 1.44 bits per heavy atom. The lowest BCUT2D eigenvalue weighted by Gasteiger charge is -2.19. The molecule has 88 valence electrons. The van der Waals surface area contributed by atoms with Gasteiger partial charge in [-0.2, -0.15) is 0 Å². The average molecular weight is 287 g/mol. The van der Waals surface area contributed by atoms with Crippen molar-refractivity contribution in [2.24, 2.45) is 0 Å². The highest BCUT2D eigenvalue weighted by molar-refractivity contribution is 9.10. The summed E-state index contributed by atoms with van der Waals surface area (Å²) < 4.78 is 5.81. The predicted molar refractivity (Wildman–Crippen MR) is 66.5 cm³/mol. The number of anilines is 1. The lowest BCUT2D eigenvalue weighted by atomic mass is 10.2. The van der Waals surface area contributed by atoms with E-state index in [0.29, 0.717) is 10.3 Å². The highest BCUT2D eigenvalue weighted by Gasteiger charge is 2.16. The molecule has 4 nitrogen and oxygen atoms in total. The van der Waals surface area contributed by atoms with E-state index >= 15 is 0 Å². The van der Waals surface area contributed by atoms with E-state index in [-0.39, 0.29) is 0 Å². The minimum absolute atomic E-state index is 0.468. The summed E-state index contributed by atoms with van der Waals surface area (Å²) in [4.78, 5) is 15.6. The van der Waals surface area contributed by atoms with Crippen LogP contribution in [0.1, 0.15) is 26.5 Å². The molecule has 1 heterocycles. The van der Waals surface area contributed by atoms with Gasteiger partial charge in [-0.1, -0.05) is 0 Å². The summed E-state index contributed by atoms with van der Waals surface area (Å²) in [6.45, 7) is 7.31. The van der Waals surface area contributed by atoms with Gasteiger partial charge in [0.1, 0.15) is 10.2 Å². The molecule has 0 unspecified atom stereocenters. The monoisotopic (exact) mass is 286 g/mol. The van der Waals surface area contributed by atoms with Crippen LogP contribution < -0.4 is 5.32 Å². The maximum Gasteiger partial charge on any atom is 0.412 e. The number of amides is 1. The van der Waals surface area contributed by atoms with Crippen molar-refractivity contribution in [1.29, 1.82) is 0 Å². The summed E-state index contributed by atoms with van der Waals surface area (Å²) in [7, 11) is 0. The molecule has 0 bridgehead atoms. The summed E-state index contributed by atoms with van der Waals surface area (Å²) in [6.07, 6.45) is -0.468. The molecule has 0 aromatic carbocycles. The van der Waals surface area contributed by atoms with Crippen LogP contribution in [0.5, 0.6) is 0 Å². The number of pyridine rings is 1. The lowest BCUT2D eigenvalue weighted by Crippen LogP contribution is -2.27. The van der Waals surface area contributed by atoms with E-state index in [1.807, 2.05) is 27.7 Å². The molecule has 5 heteroatoms. The number of carbonyl (C=O) groups excluding carboxylic acids is 1. The fourth-order valence-corrected chi connectivity index (χ4v) is 1.65. The van der Waals surface area contributed by atoms with Crippen LogP contribution >= 0.6 is 15.9 Å². The quantitative estimate of drug-likeness (QED) is 0.804. The van der Waals surface area contributed by atoms with E-state index in [0.717, 1.165) is 5.69 Å². The molecule has 0 atom stereocenters. The number of hydrogen-bond acceptors (Lipinski definition) is 3. The second kappa shape index (κ2) is 4.82. The van der Waals surface area contributed by atoms with Gasteiger partial charge in [0, 0.05) is 11.4 Å². The second-order valence-electron chi connectivity index (χ2n) is 4.45. The van der Waals surface area contributed by atoms with E-state index < -0.39 is 11.7 Å². The number of aryl methyl sites for hydroxylation is 1. The Bertz CT molecular complexity index is 379. The first-order chi connectivity index (χ1) is 7.26. The molecule has 1 aromatic heterocycles. The minimum atomic E-state index is -0.497. The highest BCUT2D eigenvalue weighted by Crippen LogP contribution is 2.16. The van der Waals surface area contributed by atoms with Crippen molar-refractivity contribution in [2.75, 3.05) is 5.32 Å². The molecule has 0 aliphatic rings. The average Bonchev–Trinajstić information content (AvgIpc) is 1.96. The van der Waals surface area contributed by atoms with Crippen LogP contribution in [0.3, 0.4) is 0 Å². The zero-order chi connectivity index (χ0) is 12.3. The molecule has 0 aliphatic heterocycles. The molecular weight excluding hydrogens is 272 g/mol. The molecule has 1 amide bonds. The van der Waals surface area contributed by atoms with Crippen molar-refractivity contribution in [2.45, 2.75) is 33.3 Å². The van der Waals surface area contributed by atoms with E-state index in [1.165, 1.54) is 0 Å². The molecule has 0 saturated carbocycles. The number of halogens is 1. The normalized spacial score (nSPS) is 11.1. The number of nitrogens with zero attached hydrogens (tertiary/aromatic N) is 1. The van der Waals surface area contributed by atoms with Gasteiger partial charge in [-0.3, -0.25) is 5.32 Å². The Hall–Kier alpha value is -1.10. The van der Waals surface area contributed by atoms with Crippen molar-refractivity contribution in [1.82, 2.24) is 4.98 Å². The van der Waals surface area contributed by atoms with Gasteiger partial charge in [-0.25, -0.2) is 9.78 Å². The van der Waals surface area contributed by atoms with Crippen molar-refractivity contribution in [3.63, 3.8) is 0 Å². The Morgan fingerprint density at radius 3 is 2.56 bits per heavy atom. The van der Waals surface area contributed by atoms with Crippen LogP contribution in [0.4, 0.5) is 10.5 Å². The van der Waals surface area contributed by atoms with Crippen LogP contribution in [0.2, 0.25) is 0 Å². The van der Waals surface area contributed by atoms with Gasteiger partial charge in [0.05, 0.1) is 0 Å². The molecule has 0 radical (unpaired) electrons. The van der Waals surface area contributed by atoms with Gasteiger partial charge in [0.15, 0.2) is 0 Å². The predicted octanol–water partition coefficient (Wildman–Crippen LogP) is 3.50. The smallest absolute Gasteiger partial charge is 0.412 e. The van der Waals surface area contributed by atoms with Crippen molar-refractivity contribution in [3.05, 3.63) is 22.4 Å². The molecule has 1 N–H and O–H groups in total. The van der Waals surface area contributed by atoms with Gasteiger partial charge in [0.2, 0.25) is 0 Å². The van der Waals surface area contributed by atoms with Gasteiger partial charge in [-0.15, -0.1) is 0 Å². The Balaban J connectivity index is 2.70. The summed E-state index contributed by atoms with van der Waals surface area (Å²) in [5.41, 5.74) is 0.984. The molecule has 0 aliphatic carbocycles. The van der Waals surface area contributed by atoms with Crippen LogP contribution in [0.25, 0.3) is 0 Å². The van der Waals surface area contributed by atoms with Gasteiger partial charge in [-0.05, 0) is 55.8 Å². The van der Waals surface area contributed by atoms with Crippen LogP contribution in [-0.2, 0) is 4.74 Å². The number of rotatable bonds is 1. The Morgan fingerprint density at radius 2 is 2.06 bits per heavy atom. The van der Waals surface area contributed by atoms with Crippen molar-refractivity contribution in [3.8, 4) is 0 Å². The topological polar surface area (TPSA) is 51.2 Å². The second-order valence-corrected chi connectivity index (χ2v) is 5.26. The fourth-order valence-electron chi connectivity index (χ4n) is 1.12. The first-order valence-electron chi connectivity index (χ1n) is 4.90. The number of carbonyl (C=O) groups is 1. The van der Waals surface area contributed by atoms with Gasteiger partial charge >= 0.3 is 6.09 Å². The molecule has 1 rings (SSSR count). The fraction of sp³-hybridized carbons (Fsp3) is 0.455. The number of aromatic nitrogens is 1. The zero-order valence-electron chi connectivity index (χ0n) is 9.80. The van der Waals surface area contributed by atoms with E-state index in [9.17, 15) is 4.79 Å². The van der Waals surface area contributed by atoms with Gasteiger partial charge < -0.3 is 4.74 Å². The molecule has 1 aromatic rings. The maximum absolute atomic E-state index is 11.5. The molecule has 0 saturated heterocycles. The number of ether oxygens (including phenoxy) is 1. The third kappa shape index (κ3) is 4.61. The third-order valence-electron chi connectivity index (χ3n) is 1.57. The maximum atomic E-state index is 11.5. The first kappa shape index (κ1) is 13.0.